The first kappa shape index (κ1) is 14.3. The van der Waals surface area contributed by atoms with Gasteiger partial charge in [0.05, 0.1) is 29.6 Å². The molecular formula is C15H12FN3O2. The normalized spacial score (nSPS) is 9.76. The van der Waals surface area contributed by atoms with E-state index in [1.807, 2.05) is 6.07 Å². The molecule has 0 radical (unpaired) electrons. The molecule has 5 nitrogen and oxygen atoms in total. The predicted molar refractivity (Wildman–Crippen MR) is 76.6 cm³/mol. The minimum Gasteiger partial charge on any atom is -0.465 e. The molecule has 0 bridgehead atoms. The highest BCUT2D eigenvalue weighted by molar-refractivity contribution is 5.97. The maximum atomic E-state index is 13.1. The molecule has 6 heteroatoms. The van der Waals surface area contributed by atoms with E-state index in [-0.39, 0.29) is 11.1 Å². The molecule has 3 N–H and O–H groups in total. The van der Waals surface area contributed by atoms with E-state index in [0.717, 1.165) is 6.07 Å². The van der Waals surface area contributed by atoms with Gasteiger partial charge in [0.25, 0.3) is 0 Å². The number of nitrogens with zero attached hydrogens (tertiary/aromatic N) is 1. The van der Waals surface area contributed by atoms with Gasteiger partial charge in [-0.15, -0.1) is 0 Å². The maximum Gasteiger partial charge on any atom is 0.340 e. The Labute approximate surface area is 120 Å². The summed E-state index contributed by atoms with van der Waals surface area (Å²) in [5.41, 5.74) is 7.21. The molecule has 21 heavy (non-hydrogen) atoms. The van der Waals surface area contributed by atoms with Crippen LogP contribution >= 0.6 is 0 Å². The summed E-state index contributed by atoms with van der Waals surface area (Å²) in [5, 5.41) is 11.9. The number of rotatable bonds is 3. The number of methoxy groups -OCH3 is 1. The second-order valence-corrected chi connectivity index (χ2v) is 4.22. The molecular weight excluding hydrogens is 273 g/mol. The molecule has 2 aromatic carbocycles. The number of hydrogen-bond acceptors (Lipinski definition) is 5. The first-order valence-electron chi connectivity index (χ1n) is 5.99. The summed E-state index contributed by atoms with van der Waals surface area (Å²) in [6.07, 6.45) is 0. The Hall–Kier alpha value is -3.07. The maximum absolute atomic E-state index is 13.1. The highest BCUT2D eigenvalue weighted by Gasteiger charge is 2.14. The summed E-state index contributed by atoms with van der Waals surface area (Å²) < 4.78 is 17.8. The molecule has 2 rings (SSSR count). The molecule has 0 saturated heterocycles. The third-order valence-corrected chi connectivity index (χ3v) is 2.82. The molecule has 0 saturated carbocycles. The van der Waals surface area contributed by atoms with Gasteiger partial charge in [-0.05, 0) is 36.4 Å². The second kappa shape index (κ2) is 5.92. The molecule has 0 aliphatic heterocycles. The number of hydrogen-bond donors (Lipinski definition) is 2. The van der Waals surface area contributed by atoms with E-state index in [4.69, 9.17) is 11.0 Å². The van der Waals surface area contributed by atoms with Crippen LogP contribution in [0, 0.1) is 17.1 Å². The molecule has 0 heterocycles. The van der Waals surface area contributed by atoms with Crippen molar-refractivity contribution >= 4 is 23.0 Å². The topological polar surface area (TPSA) is 88.1 Å². The standard InChI is InChI=1S/C15H12FN3O2/c1-21-15(20)12-7-11(18)3-5-14(12)19-13-4-2-10(16)6-9(13)8-17/h2-7,19H,18H2,1H3. The van der Waals surface area contributed by atoms with Crippen LogP contribution in [0.4, 0.5) is 21.5 Å². The molecule has 0 fully saturated rings. The lowest BCUT2D eigenvalue weighted by Gasteiger charge is -2.12. The number of ether oxygens (including phenoxy) is 1. The van der Waals surface area contributed by atoms with Gasteiger partial charge in [-0.25, -0.2) is 9.18 Å². The van der Waals surface area contributed by atoms with Gasteiger partial charge in [0.15, 0.2) is 0 Å². The van der Waals surface area contributed by atoms with Crippen molar-refractivity contribution in [3.63, 3.8) is 0 Å². The van der Waals surface area contributed by atoms with Crippen molar-refractivity contribution in [2.24, 2.45) is 0 Å². The second-order valence-electron chi connectivity index (χ2n) is 4.22. The number of carbonyl (C=O) groups excluding carboxylic acids is 1. The average Bonchev–Trinajstić information content (AvgIpc) is 2.49. The predicted octanol–water partition coefficient (Wildman–Crippen LogP) is 2.81. The summed E-state index contributed by atoms with van der Waals surface area (Å²) in [6.45, 7) is 0. The van der Waals surface area contributed by atoms with E-state index in [1.54, 1.807) is 12.1 Å². The zero-order valence-corrected chi connectivity index (χ0v) is 11.2. The van der Waals surface area contributed by atoms with E-state index in [2.05, 4.69) is 10.1 Å². The molecule has 0 unspecified atom stereocenters. The molecule has 0 atom stereocenters. The van der Waals surface area contributed by atoms with Gasteiger partial charge in [-0.2, -0.15) is 5.26 Å². The highest BCUT2D eigenvalue weighted by atomic mass is 19.1. The lowest BCUT2D eigenvalue weighted by molar-refractivity contribution is 0.0602. The minimum absolute atomic E-state index is 0.127. The van der Waals surface area contributed by atoms with E-state index < -0.39 is 11.8 Å². The van der Waals surface area contributed by atoms with E-state index in [1.165, 1.54) is 25.3 Å². The van der Waals surface area contributed by atoms with Crippen LogP contribution in [0.1, 0.15) is 15.9 Å². The van der Waals surface area contributed by atoms with Crippen LogP contribution in [0.2, 0.25) is 0 Å². The number of nitrogens with one attached hydrogen (secondary N) is 1. The van der Waals surface area contributed by atoms with E-state index in [9.17, 15) is 9.18 Å². The summed E-state index contributed by atoms with van der Waals surface area (Å²) in [5.74, 6) is -1.08. The van der Waals surface area contributed by atoms with Gasteiger partial charge in [0.2, 0.25) is 0 Å². The van der Waals surface area contributed by atoms with Gasteiger partial charge in [0.1, 0.15) is 11.9 Å². The van der Waals surface area contributed by atoms with Crippen molar-refractivity contribution < 1.29 is 13.9 Å². The SMILES string of the molecule is COC(=O)c1cc(N)ccc1Nc1ccc(F)cc1C#N. The van der Waals surface area contributed by atoms with Crippen LogP contribution in [0.5, 0.6) is 0 Å². The van der Waals surface area contributed by atoms with Crippen molar-refractivity contribution in [3.8, 4) is 6.07 Å². The number of carbonyl (C=O) groups is 1. The summed E-state index contributed by atoms with van der Waals surface area (Å²) >= 11 is 0. The largest absolute Gasteiger partial charge is 0.465 e. The lowest BCUT2D eigenvalue weighted by atomic mass is 10.1. The van der Waals surface area contributed by atoms with Gasteiger partial charge in [-0.1, -0.05) is 0 Å². The Morgan fingerprint density at radius 3 is 2.67 bits per heavy atom. The monoisotopic (exact) mass is 285 g/mol. The van der Waals surface area contributed by atoms with Gasteiger partial charge in [-0.3, -0.25) is 0 Å². The molecule has 0 spiro atoms. The lowest BCUT2D eigenvalue weighted by Crippen LogP contribution is -2.07. The molecule has 0 aliphatic carbocycles. The fourth-order valence-electron chi connectivity index (χ4n) is 1.81. The molecule has 0 aliphatic rings. The molecule has 2 aromatic rings. The van der Waals surface area contributed by atoms with Crippen molar-refractivity contribution in [2.45, 2.75) is 0 Å². The number of anilines is 3. The summed E-state index contributed by atoms with van der Waals surface area (Å²) in [6, 6.07) is 10.3. The van der Waals surface area contributed by atoms with E-state index in [0.29, 0.717) is 17.1 Å². The van der Waals surface area contributed by atoms with Crippen LogP contribution in [0.3, 0.4) is 0 Å². The smallest absolute Gasteiger partial charge is 0.340 e. The molecule has 106 valence electrons. The fraction of sp³-hybridized carbons (Fsp3) is 0.0667. The number of nitrogens with two attached hydrogens (primary N) is 1. The Morgan fingerprint density at radius 2 is 2.00 bits per heavy atom. The Morgan fingerprint density at radius 1 is 1.29 bits per heavy atom. The Balaban J connectivity index is 2.45. The van der Waals surface area contributed by atoms with Crippen molar-refractivity contribution in [1.82, 2.24) is 0 Å². The van der Waals surface area contributed by atoms with Crippen LogP contribution in [0.15, 0.2) is 36.4 Å². The fourth-order valence-corrected chi connectivity index (χ4v) is 1.81. The minimum atomic E-state index is -0.564. The summed E-state index contributed by atoms with van der Waals surface area (Å²) in [4.78, 5) is 11.7. The zero-order chi connectivity index (χ0) is 15.4. The third kappa shape index (κ3) is 3.09. The van der Waals surface area contributed by atoms with E-state index >= 15 is 0 Å². The zero-order valence-electron chi connectivity index (χ0n) is 11.2. The van der Waals surface area contributed by atoms with Gasteiger partial charge < -0.3 is 15.8 Å². The van der Waals surface area contributed by atoms with Crippen LogP contribution in [0.25, 0.3) is 0 Å². The van der Waals surface area contributed by atoms with Crippen molar-refractivity contribution in [1.29, 1.82) is 5.26 Å². The van der Waals surface area contributed by atoms with Crippen LogP contribution in [-0.4, -0.2) is 13.1 Å². The van der Waals surface area contributed by atoms with Gasteiger partial charge >= 0.3 is 5.97 Å². The van der Waals surface area contributed by atoms with Crippen LogP contribution in [-0.2, 0) is 4.74 Å². The Kier molecular flexibility index (Phi) is 4.05. The van der Waals surface area contributed by atoms with Crippen molar-refractivity contribution in [2.75, 3.05) is 18.2 Å². The van der Waals surface area contributed by atoms with Crippen LogP contribution < -0.4 is 11.1 Å². The first-order valence-corrected chi connectivity index (χ1v) is 5.99. The quantitative estimate of drug-likeness (QED) is 0.668. The molecule has 0 amide bonds. The number of halogens is 1. The number of benzene rings is 2. The average molecular weight is 285 g/mol. The summed E-state index contributed by atoms with van der Waals surface area (Å²) in [7, 11) is 1.26. The van der Waals surface area contributed by atoms with Gasteiger partial charge in [0, 0.05) is 5.69 Å². The highest BCUT2D eigenvalue weighted by Crippen LogP contribution is 2.26. The Bertz CT molecular complexity index is 738. The number of esters is 1. The first-order chi connectivity index (χ1) is 10.0. The third-order valence-electron chi connectivity index (χ3n) is 2.82. The van der Waals surface area contributed by atoms with Crippen molar-refractivity contribution in [3.05, 3.63) is 53.3 Å². The number of nitriles is 1. The molecule has 0 aromatic heterocycles. The number of nitrogen functional groups attached to an aromatic ring is 1.